The van der Waals surface area contributed by atoms with Gasteiger partial charge in [0.1, 0.15) is 0 Å². The zero-order valence-electron chi connectivity index (χ0n) is 15.4. The van der Waals surface area contributed by atoms with Gasteiger partial charge in [0, 0.05) is 58.2 Å². The van der Waals surface area contributed by atoms with Gasteiger partial charge in [-0.2, -0.15) is 0 Å². The van der Waals surface area contributed by atoms with Crippen LogP contribution in [0.25, 0.3) is 0 Å². The van der Waals surface area contributed by atoms with E-state index in [0.29, 0.717) is 5.91 Å². The Balaban J connectivity index is 1.38. The fourth-order valence-electron chi connectivity index (χ4n) is 4.33. The van der Waals surface area contributed by atoms with Crippen molar-refractivity contribution in [2.45, 2.75) is 38.6 Å². The summed E-state index contributed by atoms with van der Waals surface area (Å²) >= 11 is 0. The smallest absolute Gasteiger partial charge is 0.230 e. The number of hydrogen-bond donors (Lipinski definition) is 0. The summed E-state index contributed by atoms with van der Waals surface area (Å²) in [5, 5.41) is 0. The summed E-state index contributed by atoms with van der Waals surface area (Å²) in [5.41, 5.74) is 0.998. The number of rotatable bonds is 5. The Morgan fingerprint density at radius 3 is 2.64 bits per heavy atom. The van der Waals surface area contributed by atoms with E-state index in [4.69, 9.17) is 0 Å². The van der Waals surface area contributed by atoms with E-state index in [1.54, 1.807) is 0 Å². The molecule has 0 bridgehead atoms. The number of piperidine rings is 1. The van der Waals surface area contributed by atoms with E-state index in [1.165, 1.54) is 12.8 Å². The first-order valence-electron chi connectivity index (χ1n) is 9.56. The van der Waals surface area contributed by atoms with Crippen molar-refractivity contribution in [2.24, 2.45) is 11.3 Å². The Bertz CT molecular complexity index is 627. The lowest BCUT2D eigenvalue weighted by Gasteiger charge is -2.39. The minimum Gasteiger partial charge on any atom is -0.347 e. The predicted molar refractivity (Wildman–Crippen MR) is 97.2 cm³/mol. The molecular weight excluding hydrogens is 314 g/mol. The average Bonchev–Trinajstić information content (AvgIpc) is 3.33. The van der Waals surface area contributed by atoms with E-state index in [1.807, 2.05) is 31.4 Å². The first kappa shape index (κ1) is 16.8. The normalized spacial score (nSPS) is 27.3. The summed E-state index contributed by atoms with van der Waals surface area (Å²) in [7, 11) is 3.89. The van der Waals surface area contributed by atoms with Crippen LogP contribution < -0.4 is 4.90 Å². The third-order valence-electron chi connectivity index (χ3n) is 5.93. The molecule has 1 spiro atoms. The number of carbonyl (C=O) groups excluding carboxylic acids is 1. The fourth-order valence-corrected chi connectivity index (χ4v) is 4.33. The minimum absolute atomic E-state index is 0.127. The summed E-state index contributed by atoms with van der Waals surface area (Å²) in [6.45, 7) is 4.70. The monoisotopic (exact) mass is 343 g/mol. The summed E-state index contributed by atoms with van der Waals surface area (Å²) in [6.07, 6.45) is 9.67. The molecule has 1 amide bonds. The molecule has 1 aliphatic carbocycles. The fraction of sp³-hybridized carbons (Fsp3) is 0.737. The Labute approximate surface area is 150 Å². The van der Waals surface area contributed by atoms with E-state index in [9.17, 15) is 4.79 Å². The number of amides is 1. The summed E-state index contributed by atoms with van der Waals surface area (Å²) in [5.74, 6) is 1.94. The first-order valence-corrected chi connectivity index (χ1v) is 9.56. The van der Waals surface area contributed by atoms with Crippen LogP contribution in [0.3, 0.4) is 0 Å². The Morgan fingerprint density at radius 1 is 1.20 bits per heavy atom. The zero-order valence-corrected chi connectivity index (χ0v) is 15.4. The number of anilines is 1. The van der Waals surface area contributed by atoms with Crippen LogP contribution in [0.1, 0.15) is 37.7 Å². The molecule has 2 aliphatic heterocycles. The number of carbonyl (C=O) groups is 1. The molecule has 0 radical (unpaired) electrons. The van der Waals surface area contributed by atoms with Gasteiger partial charge >= 0.3 is 0 Å². The van der Waals surface area contributed by atoms with Crippen LogP contribution in [0.2, 0.25) is 0 Å². The molecule has 1 atom stereocenters. The molecule has 3 heterocycles. The van der Waals surface area contributed by atoms with Crippen LogP contribution in [-0.2, 0) is 11.3 Å². The van der Waals surface area contributed by atoms with Gasteiger partial charge in [-0.25, -0.2) is 9.97 Å². The van der Waals surface area contributed by atoms with E-state index in [-0.39, 0.29) is 5.41 Å². The van der Waals surface area contributed by atoms with Crippen LogP contribution in [0.5, 0.6) is 0 Å². The maximum Gasteiger partial charge on any atom is 0.230 e. The van der Waals surface area contributed by atoms with E-state index < -0.39 is 0 Å². The summed E-state index contributed by atoms with van der Waals surface area (Å²) in [6, 6.07) is 0. The third kappa shape index (κ3) is 3.50. The molecule has 6 heteroatoms. The van der Waals surface area contributed by atoms with Crippen LogP contribution in [0.4, 0.5) is 5.95 Å². The lowest BCUT2D eigenvalue weighted by Crippen LogP contribution is -2.50. The van der Waals surface area contributed by atoms with Crippen molar-refractivity contribution in [3.05, 3.63) is 18.0 Å². The largest absolute Gasteiger partial charge is 0.347 e. The number of nitrogens with zero attached hydrogens (tertiary/aromatic N) is 5. The van der Waals surface area contributed by atoms with E-state index in [2.05, 4.69) is 19.8 Å². The highest BCUT2D eigenvalue weighted by atomic mass is 16.2. The Kier molecular flexibility index (Phi) is 4.40. The number of aromatic nitrogens is 2. The molecular formula is C19H29N5O. The van der Waals surface area contributed by atoms with Gasteiger partial charge in [0.25, 0.3) is 0 Å². The van der Waals surface area contributed by atoms with Gasteiger partial charge in [-0.1, -0.05) is 0 Å². The molecule has 1 aromatic rings. The molecule has 6 nitrogen and oxygen atoms in total. The van der Waals surface area contributed by atoms with E-state index in [0.717, 1.165) is 69.4 Å². The quantitative estimate of drug-likeness (QED) is 0.815. The van der Waals surface area contributed by atoms with Crippen LogP contribution >= 0.6 is 0 Å². The first-order chi connectivity index (χ1) is 12.1. The van der Waals surface area contributed by atoms with Crippen molar-refractivity contribution >= 4 is 11.9 Å². The minimum atomic E-state index is -0.127. The molecule has 0 N–H and O–H groups in total. The van der Waals surface area contributed by atoms with Crippen molar-refractivity contribution in [3.63, 3.8) is 0 Å². The molecule has 2 saturated heterocycles. The second-order valence-electron chi connectivity index (χ2n) is 8.32. The van der Waals surface area contributed by atoms with Gasteiger partial charge in [-0.3, -0.25) is 9.69 Å². The zero-order chi connectivity index (χ0) is 17.4. The van der Waals surface area contributed by atoms with Crippen LogP contribution in [-0.4, -0.2) is 65.9 Å². The van der Waals surface area contributed by atoms with Crippen LogP contribution in [0.15, 0.2) is 12.4 Å². The standard InChI is InChI=1S/C19H29N5O/c1-22(2)18-20-10-16(11-21-18)12-23-9-7-19(14-23)6-3-8-24(17(19)25)13-15-4-5-15/h10-11,15H,3-9,12-14H2,1-2H3/t19-/m1/s1. The molecule has 0 unspecified atom stereocenters. The number of hydrogen-bond acceptors (Lipinski definition) is 5. The molecule has 3 aliphatic rings. The molecule has 1 aromatic heterocycles. The van der Waals surface area contributed by atoms with Gasteiger partial charge in [-0.15, -0.1) is 0 Å². The molecule has 25 heavy (non-hydrogen) atoms. The maximum absolute atomic E-state index is 13.1. The summed E-state index contributed by atoms with van der Waals surface area (Å²) < 4.78 is 0. The van der Waals surface area contributed by atoms with Crippen LogP contribution in [0, 0.1) is 11.3 Å². The van der Waals surface area contributed by atoms with Gasteiger partial charge in [0.15, 0.2) is 0 Å². The molecule has 3 fully saturated rings. The van der Waals surface area contributed by atoms with Crippen molar-refractivity contribution in [1.29, 1.82) is 0 Å². The highest BCUT2D eigenvalue weighted by Gasteiger charge is 2.48. The van der Waals surface area contributed by atoms with Gasteiger partial charge in [0.05, 0.1) is 5.41 Å². The lowest BCUT2D eigenvalue weighted by atomic mass is 9.78. The second-order valence-corrected chi connectivity index (χ2v) is 8.32. The average molecular weight is 343 g/mol. The van der Waals surface area contributed by atoms with Crippen molar-refractivity contribution in [1.82, 2.24) is 19.8 Å². The van der Waals surface area contributed by atoms with Gasteiger partial charge in [0.2, 0.25) is 11.9 Å². The third-order valence-corrected chi connectivity index (χ3v) is 5.93. The predicted octanol–water partition coefficient (Wildman–Crippen LogP) is 1.77. The SMILES string of the molecule is CN(C)c1ncc(CN2CC[C@]3(CCCN(CC4CC4)C3=O)C2)cn1. The van der Waals surface area contributed by atoms with Crippen molar-refractivity contribution in [3.8, 4) is 0 Å². The molecule has 136 valence electrons. The Hall–Kier alpha value is -1.69. The molecule has 4 rings (SSSR count). The second kappa shape index (κ2) is 6.56. The van der Waals surface area contributed by atoms with E-state index >= 15 is 0 Å². The maximum atomic E-state index is 13.1. The molecule has 1 saturated carbocycles. The summed E-state index contributed by atoms with van der Waals surface area (Å²) in [4.78, 5) is 28.4. The van der Waals surface area contributed by atoms with Gasteiger partial charge < -0.3 is 9.80 Å². The molecule has 0 aromatic carbocycles. The highest BCUT2D eigenvalue weighted by Crippen LogP contribution is 2.42. The number of likely N-dealkylation sites (tertiary alicyclic amines) is 2. The highest BCUT2D eigenvalue weighted by molar-refractivity contribution is 5.84. The lowest BCUT2D eigenvalue weighted by molar-refractivity contribution is -0.145. The van der Waals surface area contributed by atoms with Crippen molar-refractivity contribution < 1.29 is 4.79 Å². The van der Waals surface area contributed by atoms with Crippen molar-refractivity contribution in [2.75, 3.05) is 45.2 Å². The van der Waals surface area contributed by atoms with Gasteiger partial charge in [-0.05, 0) is 44.6 Å². The topological polar surface area (TPSA) is 52.6 Å². The Morgan fingerprint density at radius 2 is 1.96 bits per heavy atom.